The molecule has 0 N–H and O–H groups in total. The van der Waals surface area contributed by atoms with Crippen molar-refractivity contribution in [3.63, 3.8) is 0 Å². The van der Waals surface area contributed by atoms with Gasteiger partial charge in [0.1, 0.15) is 5.75 Å². The van der Waals surface area contributed by atoms with E-state index >= 15 is 0 Å². The highest BCUT2D eigenvalue weighted by molar-refractivity contribution is 5.96. The molecule has 0 bridgehead atoms. The van der Waals surface area contributed by atoms with Crippen molar-refractivity contribution in [3.05, 3.63) is 29.3 Å². The summed E-state index contributed by atoms with van der Waals surface area (Å²) in [5.41, 5.74) is 1.71. The van der Waals surface area contributed by atoms with Crippen LogP contribution in [0.25, 0.3) is 0 Å². The average molecular weight is 236 g/mol. The molecule has 0 aliphatic heterocycles. The molecule has 0 atom stereocenters. The predicted octanol–water partition coefficient (Wildman–Crippen LogP) is 3.00. The van der Waals surface area contributed by atoms with Gasteiger partial charge in [-0.15, -0.1) is 0 Å². The Bertz CT molecular complexity index is 383. The maximum atomic E-state index is 11.8. The van der Waals surface area contributed by atoms with Gasteiger partial charge in [0.15, 0.2) is 5.78 Å². The number of benzene rings is 1. The Hall–Kier alpha value is -1.35. The molecule has 3 heteroatoms. The maximum Gasteiger partial charge on any atom is 0.165 e. The summed E-state index contributed by atoms with van der Waals surface area (Å²) >= 11 is 0. The lowest BCUT2D eigenvalue weighted by molar-refractivity contribution is 0.0932. The van der Waals surface area contributed by atoms with E-state index < -0.39 is 0 Å². The van der Waals surface area contributed by atoms with Crippen LogP contribution in [0.5, 0.6) is 5.75 Å². The number of hydrogen-bond acceptors (Lipinski definition) is 3. The van der Waals surface area contributed by atoms with E-state index in [1.54, 1.807) is 7.11 Å². The SMILES string of the molecule is COCCC(=O)c1ccc(OC(C)C)c(C)c1. The van der Waals surface area contributed by atoms with Gasteiger partial charge >= 0.3 is 0 Å². The van der Waals surface area contributed by atoms with Crippen molar-refractivity contribution in [3.8, 4) is 5.75 Å². The molecule has 0 heterocycles. The van der Waals surface area contributed by atoms with Gasteiger partial charge < -0.3 is 9.47 Å². The summed E-state index contributed by atoms with van der Waals surface area (Å²) in [6.07, 6.45) is 0.559. The van der Waals surface area contributed by atoms with Crippen LogP contribution in [0.1, 0.15) is 36.2 Å². The maximum absolute atomic E-state index is 11.8. The predicted molar refractivity (Wildman–Crippen MR) is 67.8 cm³/mol. The molecule has 0 amide bonds. The van der Waals surface area contributed by atoms with Crippen LogP contribution >= 0.6 is 0 Å². The number of ether oxygens (including phenoxy) is 2. The summed E-state index contributed by atoms with van der Waals surface area (Å²) < 4.78 is 10.5. The number of hydrogen-bond donors (Lipinski definition) is 0. The van der Waals surface area contributed by atoms with E-state index in [4.69, 9.17) is 9.47 Å². The van der Waals surface area contributed by atoms with Crippen LogP contribution in [-0.4, -0.2) is 25.6 Å². The summed E-state index contributed by atoms with van der Waals surface area (Å²) in [5.74, 6) is 0.939. The molecule has 3 nitrogen and oxygen atoms in total. The Morgan fingerprint density at radius 3 is 2.59 bits per heavy atom. The van der Waals surface area contributed by atoms with Crippen LogP contribution < -0.4 is 4.74 Å². The van der Waals surface area contributed by atoms with Crippen LogP contribution in [0.3, 0.4) is 0 Å². The third-order valence-electron chi connectivity index (χ3n) is 2.39. The minimum absolute atomic E-state index is 0.103. The molecule has 0 radical (unpaired) electrons. The van der Waals surface area contributed by atoms with E-state index in [0.29, 0.717) is 13.0 Å². The van der Waals surface area contributed by atoms with Crippen LogP contribution in [0, 0.1) is 6.92 Å². The van der Waals surface area contributed by atoms with E-state index in [2.05, 4.69) is 0 Å². The van der Waals surface area contributed by atoms with Crippen molar-refractivity contribution >= 4 is 5.78 Å². The Morgan fingerprint density at radius 2 is 2.06 bits per heavy atom. The molecule has 0 spiro atoms. The number of carbonyl (C=O) groups excluding carboxylic acids is 1. The molecule has 0 aromatic heterocycles. The normalized spacial score (nSPS) is 10.6. The first-order valence-electron chi connectivity index (χ1n) is 5.84. The zero-order valence-corrected chi connectivity index (χ0v) is 10.9. The second-order valence-electron chi connectivity index (χ2n) is 4.31. The van der Waals surface area contributed by atoms with E-state index in [-0.39, 0.29) is 11.9 Å². The number of ketones is 1. The largest absolute Gasteiger partial charge is 0.491 e. The molecule has 1 aromatic rings. The van der Waals surface area contributed by atoms with Gasteiger partial charge in [0, 0.05) is 19.1 Å². The van der Waals surface area contributed by atoms with Gasteiger partial charge in [-0.3, -0.25) is 4.79 Å². The summed E-state index contributed by atoms with van der Waals surface area (Å²) in [6, 6.07) is 5.54. The number of aryl methyl sites for hydroxylation is 1. The third-order valence-corrected chi connectivity index (χ3v) is 2.39. The van der Waals surface area contributed by atoms with E-state index in [1.165, 1.54) is 0 Å². The highest BCUT2D eigenvalue weighted by Gasteiger charge is 2.09. The van der Waals surface area contributed by atoms with Crippen LogP contribution in [0.4, 0.5) is 0 Å². The first-order valence-corrected chi connectivity index (χ1v) is 5.84. The fourth-order valence-electron chi connectivity index (χ4n) is 1.55. The minimum Gasteiger partial charge on any atom is -0.491 e. The number of Topliss-reactive ketones (excluding diaryl/α,β-unsaturated/α-hetero) is 1. The number of rotatable bonds is 6. The molecule has 0 saturated carbocycles. The van der Waals surface area contributed by atoms with E-state index in [9.17, 15) is 4.79 Å². The molecule has 94 valence electrons. The topological polar surface area (TPSA) is 35.5 Å². The smallest absolute Gasteiger partial charge is 0.165 e. The van der Waals surface area contributed by atoms with Gasteiger partial charge in [-0.1, -0.05) is 0 Å². The van der Waals surface area contributed by atoms with Gasteiger partial charge in [-0.2, -0.15) is 0 Å². The summed E-state index contributed by atoms with van der Waals surface area (Å²) in [7, 11) is 1.60. The Balaban J connectivity index is 2.77. The molecule has 1 aromatic carbocycles. The fraction of sp³-hybridized carbons (Fsp3) is 0.500. The molecule has 0 unspecified atom stereocenters. The Morgan fingerprint density at radius 1 is 1.35 bits per heavy atom. The zero-order chi connectivity index (χ0) is 12.8. The third kappa shape index (κ3) is 4.19. The van der Waals surface area contributed by atoms with Crippen molar-refractivity contribution in [2.24, 2.45) is 0 Å². The van der Waals surface area contributed by atoms with Crippen molar-refractivity contribution < 1.29 is 14.3 Å². The molecular weight excluding hydrogens is 216 g/mol. The second-order valence-corrected chi connectivity index (χ2v) is 4.31. The zero-order valence-electron chi connectivity index (χ0n) is 10.9. The van der Waals surface area contributed by atoms with Gasteiger partial charge in [0.2, 0.25) is 0 Å². The van der Waals surface area contributed by atoms with Gasteiger partial charge in [0.25, 0.3) is 0 Å². The van der Waals surface area contributed by atoms with Crippen molar-refractivity contribution in [2.75, 3.05) is 13.7 Å². The molecule has 0 aliphatic carbocycles. The van der Waals surface area contributed by atoms with Gasteiger partial charge in [-0.05, 0) is 44.5 Å². The summed E-state index contributed by atoms with van der Waals surface area (Å²) in [5, 5.41) is 0. The number of methoxy groups -OCH3 is 1. The quantitative estimate of drug-likeness (QED) is 0.712. The summed E-state index contributed by atoms with van der Waals surface area (Å²) in [6.45, 7) is 6.38. The van der Waals surface area contributed by atoms with E-state index in [0.717, 1.165) is 16.9 Å². The highest BCUT2D eigenvalue weighted by atomic mass is 16.5. The standard InChI is InChI=1S/C14H20O3/c1-10(2)17-14-6-5-12(9-11(14)3)13(15)7-8-16-4/h5-6,9-10H,7-8H2,1-4H3. The highest BCUT2D eigenvalue weighted by Crippen LogP contribution is 2.21. The van der Waals surface area contributed by atoms with Gasteiger partial charge in [0.05, 0.1) is 12.7 Å². The first kappa shape index (κ1) is 13.7. The fourth-order valence-corrected chi connectivity index (χ4v) is 1.55. The lowest BCUT2D eigenvalue weighted by Crippen LogP contribution is -2.08. The van der Waals surface area contributed by atoms with E-state index in [1.807, 2.05) is 39.0 Å². The van der Waals surface area contributed by atoms with Crippen molar-refractivity contribution in [2.45, 2.75) is 33.3 Å². The minimum atomic E-state index is 0.103. The Labute approximate surface area is 103 Å². The van der Waals surface area contributed by atoms with Gasteiger partial charge in [-0.25, -0.2) is 0 Å². The molecule has 17 heavy (non-hydrogen) atoms. The number of carbonyl (C=O) groups is 1. The molecule has 0 fully saturated rings. The monoisotopic (exact) mass is 236 g/mol. The molecule has 0 saturated heterocycles. The van der Waals surface area contributed by atoms with Crippen molar-refractivity contribution in [1.29, 1.82) is 0 Å². The molecule has 0 aliphatic rings. The lowest BCUT2D eigenvalue weighted by Gasteiger charge is -2.13. The van der Waals surface area contributed by atoms with Crippen LogP contribution in [0.15, 0.2) is 18.2 Å². The first-order chi connectivity index (χ1) is 8.04. The second kappa shape index (κ2) is 6.40. The van der Waals surface area contributed by atoms with Crippen LogP contribution in [-0.2, 0) is 4.74 Å². The molecular formula is C14H20O3. The summed E-state index contributed by atoms with van der Waals surface area (Å²) in [4.78, 5) is 11.8. The Kier molecular flexibility index (Phi) is 5.16. The van der Waals surface area contributed by atoms with Crippen LogP contribution in [0.2, 0.25) is 0 Å². The lowest BCUT2D eigenvalue weighted by atomic mass is 10.1. The molecule has 1 rings (SSSR count). The van der Waals surface area contributed by atoms with Crippen molar-refractivity contribution in [1.82, 2.24) is 0 Å². The average Bonchev–Trinajstić information content (AvgIpc) is 2.28.